The van der Waals surface area contributed by atoms with Crippen molar-refractivity contribution in [1.82, 2.24) is 0 Å². The Hall–Kier alpha value is -1.55. The summed E-state index contributed by atoms with van der Waals surface area (Å²) in [6.07, 6.45) is 0.426. The van der Waals surface area contributed by atoms with Crippen molar-refractivity contribution in [2.75, 3.05) is 6.61 Å². The second-order valence-electron chi connectivity index (χ2n) is 5.42. The van der Waals surface area contributed by atoms with Gasteiger partial charge in [0, 0.05) is 6.42 Å². The maximum atomic E-state index is 10.8. The van der Waals surface area contributed by atoms with Gasteiger partial charge in [-0.3, -0.25) is 4.79 Å². The zero-order valence-electron chi connectivity index (χ0n) is 11.3. The summed E-state index contributed by atoms with van der Waals surface area (Å²) in [5.74, 6) is 0.293. The van der Waals surface area contributed by atoms with Gasteiger partial charge >= 0.3 is 0 Å². The number of amides is 1. The van der Waals surface area contributed by atoms with Crippen LogP contribution in [-0.2, 0) is 10.2 Å². The second kappa shape index (κ2) is 5.87. The van der Waals surface area contributed by atoms with E-state index in [0.29, 0.717) is 13.0 Å². The maximum absolute atomic E-state index is 10.8. The fourth-order valence-corrected chi connectivity index (χ4v) is 1.50. The molecule has 0 saturated carbocycles. The predicted molar refractivity (Wildman–Crippen MR) is 72.4 cm³/mol. The number of nitrogens with two attached hydrogens (primary N) is 2. The van der Waals surface area contributed by atoms with Gasteiger partial charge in [-0.25, -0.2) is 0 Å². The van der Waals surface area contributed by atoms with Crippen LogP contribution in [0.15, 0.2) is 24.3 Å². The Kier molecular flexibility index (Phi) is 4.73. The van der Waals surface area contributed by atoms with Crippen LogP contribution in [0.25, 0.3) is 0 Å². The number of hydrogen-bond donors (Lipinski definition) is 2. The Bertz CT molecular complexity index is 411. The maximum Gasteiger partial charge on any atom is 0.234 e. The van der Waals surface area contributed by atoms with E-state index >= 15 is 0 Å². The molecule has 0 saturated heterocycles. The molecule has 4 nitrogen and oxygen atoms in total. The first-order valence-electron chi connectivity index (χ1n) is 6.09. The zero-order chi connectivity index (χ0) is 13.8. The Morgan fingerprint density at radius 2 is 2.06 bits per heavy atom. The highest BCUT2D eigenvalue weighted by Gasteiger charge is 2.14. The van der Waals surface area contributed by atoms with E-state index in [1.54, 1.807) is 0 Å². The smallest absolute Gasteiger partial charge is 0.234 e. The molecule has 0 spiro atoms. The number of benzene rings is 1. The lowest BCUT2D eigenvalue weighted by Gasteiger charge is -2.20. The van der Waals surface area contributed by atoms with Crippen LogP contribution in [0.1, 0.15) is 32.8 Å². The van der Waals surface area contributed by atoms with E-state index in [4.69, 9.17) is 16.2 Å². The quantitative estimate of drug-likeness (QED) is 0.832. The van der Waals surface area contributed by atoms with Gasteiger partial charge in [0.05, 0.1) is 12.6 Å². The molecule has 18 heavy (non-hydrogen) atoms. The predicted octanol–water partition coefficient (Wildman–Crippen LogP) is 1.57. The lowest BCUT2D eigenvalue weighted by atomic mass is 9.87. The number of carbonyl (C=O) groups is 1. The summed E-state index contributed by atoms with van der Waals surface area (Å²) >= 11 is 0. The van der Waals surface area contributed by atoms with Crippen LogP contribution in [0.5, 0.6) is 5.75 Å². The van der Waals surface area contributed by atoms with Gasteiger partial charge in [-0.05, 0) is 23.1 Å². The SMILES string of the molecule is CC(C)(C)c1cccc(OCCC(N)C(N)=O)c1. The summed E-state index contributed by atoms with van der Waals surface area (Å²) in [6, 6.07) is 7.29. The highest BCUT2D eigenvalue weighted by molar-refractivity contribution is 5.79. The molecule has 0 aliphatic heterocycles. The molecule has 0 bridgehead atoms. The van der Waals surface area contributed by atoms with Crippen molar-refractivity contribution in [2.45, 2.75) is 38.6 Å². The standard InChI is InChI=1S/C14H22N2O2/c1-14(2,3)10-5-4-6-11(9-10)18-8-7-12(15)13(16)17/h4-6,9,12H,7-8,15H2,1-3H3,(H2,16,17). The number of hydrogen-bond acceptors (Lipinski definition) is 3. The van der Waals surface area contributed by atoms with E-state index in [2.05, 4.69) is 26.8 Å². The number of rotatable bonds is 5. The van der Waals surface area contributed by atoms with Crippen molar-refractivity contribution in [3.8, 4) is 5.75 Å². The Morgan fingerprint density at radius 3 is 2.61 bits per heavy atom. The van der Waals surface area contributed by atoms with Crippen LogP contribution < -0.4 is 16.2 Å². The minimum absolute atomic E-state index is 0.0863. The molecule has 0 aliphatic rings. The van der Waals surface area contributed by atoms with E-state index in [-0.39, 0.29) is 5.41 Å². The lowest BCUT2D eigenvalue weighted by Crippen LogP contribution is -2.37. The van der Waals surface area contributed by atoms with Gasteiger partial charge in [0.1, 0.15) is 5.75 Å². The molecule has 1 atom stereocenters. The van der Waals surface area contributed by atoms with E-state index < -0.39 is 11.9 Å². The molecule has 4 N–H and O–H groups in total. The third kappa shape index (κ3) is 4.37. The van der Waals surface area contributed by atoms with Gasteiger partial charge in [0.2, 0.25) is 5.91 Å². The molecule has 1 amide bonds. The van der Waals surface area contributed by atoms with Crippen molar-refractivity contribution < 1.29 is 9.53 Å². The van der Waals surface area contributed by atoms with E-state index in [1.807, 2.05) is 18.2 Å². The second-order valence-corrected chi connectivity index (χ2v) is 5.42. The molecule has 0 fully saturated rings. The van der Waals surface area contributed by atoms with Gasteiger partial charge in [0.15, 0.2) is 0 Å². The molecule has 0 radical (unpaired) electrons. The Balaban J connectivity index is 2.56. The molecule has 0 aromatic heterocycles. The molecule has 0 aliphatic carbocycles. The Labute approximate surface area is 108 Å². The first-order chi connectivity index (χ1) is 8.30. The Morgan fingerprint density at radius 1 is 1.39 bits per heavy atom. The van der Waals surface area contributed by atoms with Crippen molar-refractivity contribution >= 4 is 5.91 Å². The van der Waals surface area contributed by atoms with Crippen LogP contribution in [0.4, 0.5) is 0 Å². The largest absolute Gasteiger partial charge is 0.494 e. The number of ether oxygens (including phenoxy) is 1. The molecule has 0 heterocycles. The molecule has 100 valence electrons. The minimum Gasteiger partial charge on any atom is -0.494 e. The summed E-state index contributed by atoms with van der Waals surface area (Å²) in [4.78, 5) is 10.8. The normalized spacial score (nSPS) is 13.1. The molecule has 4 heteroatoms. The molecular weight excluding hydrogens is 228 g/mol. The summed E-state index contributed by atoms with van der Waals surface area (Å²) in [5, 5.41) is 0. The van der Waals surface area contributed by atoms with Gasteiger partial charge in [-0.2, -0.15) is 0 Å². The highest BCUT2D eigenvalue weighted by atomic mass is 16.5. The van der Waals surface area contributed by atoms with Crippen LogP contribution >= 0.6 is 0 Å². The fraction of sp³-hybridized carbons (Fsp3) is 0.500. The van der Waals surface area contributed by atoms with Crippen LogP contribution in [0.2, 0.25) is 0 Å². The third-order valence-electron chi connectivity index (χ3n) is 2.76. The van der Waals surface area contributed by atoms with Gasteiger partial charge in [-0.1, -0.05) is 32.9 Å². The molecule has 1 aromatic rings. The average Bonchev–Trinajstić information content (AvgIpc) is 2.28. The van der Waals surface area contributed by atoms with Crippen LogP contribution in [0, 0.1) is 0 Å². The fourth-order valence-electron chi connectivity index (χ4n) is 1.50. The minimum atomic E-state index is -0.643. The third-order valence-corrected chi connectivity index (χ3v) is 2.76. The van der Waals surface area contributed by atoms with E-state index in [0.717, 1.165) is 5.75 Å². The monoisotopic (exact) mass is 250 g/mol. The number of primary amides is 1. The molecule has 1 aromatic carbocycles. The average molecular weight is 250 g/mol. The van der Waals surface area contributed by atoms with Crippen molar-refractivity contribution in [3.05, 3.63) is 29.8 Å². The van der Waals surface area contributed by atoms with E-state index in [9.17, 15) is 4.79 Å². The first kappa shape index (κ1) is 14.5. The zero-order valence-corrected chi connectivity index (χ0v) is 11.3. The topological polar surface area (TPSA) is 78.3 Å². The van der Waals surface area contributed by atoms with Crippen molar-refractivity contribution in [2.24, 2.45) is 11.5 Å². The molecule has 1 rings (SSSR count). The molecule has 1 unspecified atom stereocenters. The van der Waals surface area contributed by atoms with Gasteiger partial charge in [-0.15, -0.1) is 0 Å². The van der Waals surface area contributed by atoms with E-state index in [1.165, 1.54) is 5.56 Å². The lowest BCUT2D eigenvalue weighted by molar-refractivity contribution is -0.119. The number of carbonyl (C=O) groups excluding carboxylic acids is 1. The van der Waals surface area contributed by atoms with Crippen molar-refractivity contribution in [3.63, 3.8) is 0 Å². The van der Waals surface area contributed by atoms with Crippen LogP contribution in [0.3, 0.4) is 0 Å². The molecular formula is C14H22N2O2. The summed E-state index contributed by atoms with van der Waals surface area (Å²) < 4.78 is 5.57. The van der Waals surface area contributed by atoms with Gasteiger partial charge < -0.3 is 16.2 Å². The van der Waals surface area contributed by atoms with Gasteiger partial charge in [0.25, 0.3) is 0 Å². The van der Waals surface area contributed by atoms with Crippen molar-refractivity contribution in [1.29, 1.82) is 0 Å². The summed E-state index contributed by atoms with van der Waals surface area (Å²) in [6.45, 7) is 6.83. The highest BCUT2D eigenvalue weighted by Crippen LogP contribution is 2.25. The first-order valence-corrected chi connectivity index (χ1v) is 6.09. The van der Waals surface area contributed by atoms with Crippen LogP contribution in [-0.4, -0.2) is 18.6 Å². The summed E-state index contributed by atoms with van der Waals surface area (Å²) in [7, 11) is 0. The summed E-state index contributed by atoms with van der Waals surface area (Å²) in [5.41, 5.74) is 11.9.